The van der Waals surface area contributed by atoms with Crippen LogP contribution in [0.4, 0.5) is 20.2 Å². The topological polar surface area (TPSA) is 12.0 Å². The molecule has 0 heterocycles. The summed E-state index contributed by atoms with van der Waals surface area (Å²) >= 11 is 0. The molecule has 0 aromatic heterocycles. The van der Waals surface area contributed by atoms with Crippen LogP contribution in [0, 0.1) is 25.5 Å². The molecule has 0 aliphatic rings. The van der Waals surface area contributed by atoms with Crippen LogP contribution in [0.2, 0.25) is 0 Å². The lowest BCUT2D eigenvalue weighted by molar-refractivity contribution is 0.586. The summed E-state index contributed by atoms with van der Waals surface area (Å²) in [6.07, 6.45) is 0. The molecule has 0 fully saturated rings. The first-order valence-electron chi connectivity index (χ1n) is 5.35. The van der Waals surface area contributed by atoms with Crippen LogP contribution in [0.1, 0.15) is 11.1 Å². The molecule has 0 spiro atoms. The summed E-state index contributed by atoms with van der Waals surface area (Å²) in [5.41, 5.74) is 3.36. The van der Waals surface area contributed by atoms with Crippen molar-refractivity contribution in [3.63, 3.8) is 0 Å². The zero-order valence-corrected chi connectivity index (χ0v) is 9.72. The standard InChI is InChI=1S/C14H13F2N/c1-9-3-5-12(7-10(9)2)17-14-6-4-11(15)8-13(14)16/h3-8,17H,1-2H3. The number of nitrogens with one attached hydrogen (secondary N) is 1. The molecule has 2 aromatic carbocycles. The van der Waals surface area contributed by atoms with Gasteiger partial charge in [0.25, 0.3) is 0 Å². The summed E-state index contributed by atoms with van der Waals surface area (Å²) in [4.78, 5) is 0. The average molecular weight is 233 g/mol. The van der Waals surface area contributed by atoms with Crippen molar-refractivity contribution in [2.75, 3.05) is 5.32 Å². The Labute approximate surface area is 99.1 Å². The smallest absolute Gasteiger partial charge is 0.149 e. The Kier molecular flexibility index (Phi) is 3.09. The molecule has 0 unspecified atom stereocenters. The van der Waals surface area contributed by atoms with Gasteiger partial charge in [-0.15, -0.1) is 0 Å². The first kappa shape index (κ1) is 11.6. The molecule has 2 rings (SSSR count). The maximum Gasteiger partial charge on any atom is 0.149 e. The molecule has 0 radical (unpaired) electrons. The molecule has 1 N–H and O–H groups in total. The van der Waals surface area contributed by atoms with Crippen LogP contribution in [-0.2, 0) is 0 Å². The van der Waals surface area contributed by atoms with Crippen LogP contribution >= 0.6 is 0 Å². The van der Waals surface area contributed by atoms with E-state index in [2.05, 4.69) is 5.32 Å². The van der Waals surface area contributed by atoms with Crippen molar-refractivity contribution < 1.29 is 8.78 Å². The number of aryl methyl sites for hydroxylation is 2. The fraction of sp³-hybridized carbons (Fsp3) is 0.143. The predicted molar refractivity (Wildman–Crippen MR) is 65.6 cm³/mol. The quantitative estimate of drug-likeness (QED) is 0.814. The summed E-state index contributed by atoms with van der Waals surface area (Å²) in [7, 11) is 0. The predicted octanol–water partition coefficient (Wildman–Crippen LogP) is 4.33. The fourth-order valence-electron chi connectivity index (χ4n) is 1.57. The van der Waals surface area contributed by atoms with E-state index < -0.39 is 11.6 Å². The molecule has 0 saturated heterocycles. The highest BCUT2D eigenvalue weighted by atomic mass is 19.1. The lowest BCUT2D eigenvalue weighted by Gasteiger charge is -2.09. The van der Waals surface area contributed by atoms with Gasteiger partial charge in [-0.2, -0.15) is 0 Å². The minimum atomic E-state index is -0.594. The third kappa shape index (κ3) is 2.61. The second-order valence-corrected chi connectivity index (χ2v) is 4.05. The van der Waals surface area contributed by atoms with Crippen LogP contribution in [0.3, 0.4) is 0 Å². The van der Waals surface area contributed by atoms with Gasteiger partial charge in [0, 0.05) is 11.8 Å². The summed E-state index contributed by atoms with van der Waals surface area (Å²) < 4.78 is 26.1. The van der Waals surface area contributed by atoms with Gasteiger partial charge in [-0.3, -0.25) is 0 Å². The summed E-state index contributed by atoms with van der Waals surface area (Å²) in [6, 6.07) is 9.23. The van der Waals surface area contributed by atoms with E-state index in [1.54, 1.807) is 0 Å². The number of anilines is 2. The number of halogens is 2. The monoisotopic (exact) mass is 233 g/mol. The van der Waals surface area contributed by atoms with Gasteiger partial charge < -0.3 is 5.32 Å². The van der Waals surface area contributed by atoms with E-state index in [9.17, 15) is 8.78 Å². The van der Waals surface area contributed by atoms with Gasteiger partial charge in [0.15, 0.2) is 0 Å². The van der Waals surface area contributed by atoms with Crippen LogP contribution < -0.4 is 5.32 Å². The van der Waals surface area contributed by atoms with Crippen LogP contribution in [0.5, 0.6) is 0 Å². The minimum Gasteiger partial charge on any atom is -0.353 e. The molecule has 0 aliphatic carbocycles. The Morgan fingerprint density at radius 3 is 2.29 bits per heavy atom. The molecule has 88 valence electrons. The zero-order valence-electron chi connectivity index (χ0n) is 9.72. The molecule has 0 amide bonds. The Bertz CT molecular complexity index is 550. The maximum absolute atomic E-state index is 13.4. The van der Waals surface area contributed by atoms with Gasteiger partial charge >= 0.3 is 0 Å². The molecule has 0 saturated carbocycles. The molecular weight excluding hydrogens is 220 g/mol. The van der Waals surface area contributed by atoms with E-state index in [0.29, 0.717) is 0 Å². The third-order valence-corrected chi connectivity index (χ3v) is 2.72. The van der Waals surface area contributed by atoms with Crippen LogP contribution in [0.25, 0.3) is 0 Å². The number of rotatable bonds is 2. The number of benzene rings is 2. The Balaban J connectivity index is 2.28. The molecule has 0 atom stereocenters. The third-order valence-electron chi connectivity index (χ3n) is 2.72. The Morgan fingerprint density at radius 1 is 0.882 bits per heavy atom. The van der Waals surface area contributed by atoms with Crippen LogP contribution in [-0.4, -0.2) is 0 Å². The van der Waals surface area contributed by atoms with Crippen molar-refractivity contribution in [3.8, 4) is 0 Å². The van der Waals surface area contributed by atoms with Crippen LogP contribution in [0.15, 0.2) is 36.4 Å². The second-order valence-electron chi connectivity index (χ2n) is 4.05. The van der Waals surface area contributed by atoms with E-state index in [0.717, 1.165) is 17.3 Å². The van der Waals surface area contributed by atoms with E-state index in [1.165, 1.54) is 17.7 Å². The van der Waals surface area contributed by atoms with Crippen molar-refractivity contribution in [2.45, 2.75) is 13.8 Å². The van der Waals surface area contributed by atoms with Gasteiger partial charge in [0.05, 0.1) is 5.69 Å². The molecule has 0 aliphatic heterocycles. The normalized spacial score (nSPS) is 10.4. The van der Waals surface area contributed by atoms with Crippen molar-refractivity contribution in [2.24, 2.45) is 0 Å². The fourth-order valence-corrected chi connectivity index (χ4v) is 1.57. The first-order valence-corrected chi connectivity index (χ1v) is 5.35. The van der Waals surface area contributed by atoms with E-state index in [-0.39, 0.29) is 5.69 Å². The minimum absolute atomic E-state index is 0.273. The van der Waals surface area contributed by atoms with Crippen molar-refractivity contribution >= 4 is 11.4 Å². The van der Waals surface area contributed by atoms with Gasteiger partial charge in [0.1, 0.15) is 11.6 Å². The van der Waals surface area contributed by atoms with Gasteiger partial charge in [-0.25, -0.2) is 8.78 Å². The molecule has 1 nitrogen and oxygen atoms in total. The lowest BCUT2D eigenvalue weighted by Crippen LogP contribution is -1.95. The second kappa shape index (κ2) is 4.53. The Hall–Kier alpha value is -1.90. The highest BCUT2D eigenvalue weighted by Gasteiger charge is 2.04. The summed E-state index contributed by atoms with van der Waals surface area (Å²) in [5, 5.41) is 2.93. The maximum atomic E-state index is 13.4. The summed E-state index contributed by atoms with van der Waals surface area (Å²) in [5.74, 6) is -1.17. The Morgan fingerprint density at radius 2 is 1.65 bits per heavy atom. The van der Waals surface area contributed by atoms with E-state index in [4.69, 9.17) is 0 Å². The molecule has 0 bridgehead atoms. The van der Waals surface area contributed by atoms with Crippen molar-refractivity contribution in [1.29, 1.82) is 0 Å². The summed E-state index contributed by atoms with van der Waals surface area (Å²) in [6.45, 7) is 4.00. The lowest BCUT2D eigenvalue weighted by atomic mass is 10.1. The zero-order chi connectivity index (χ0) is 12.4. The highest BCUT2D eigenvalue weighted by molar-refractivity contribution is 5.61. The number of hydrogen-bond acceptors (Lipinski definition) is 1. The van der Waals surface area contributed by atoms with Gasteiger partial charge in [0.2, 0.25) is 0 Å². The van der Waals surface area contributed by atoms with E-state index >= 15 is 0 Å². The van der Waals surface area contributed by atoms with Crippen molar-refractivity contribution in [3.05, 3.63) is 59.2 Å². The SMILES string of the molecule is Cc1ccc(Nc2ccc(F)cc2F)cc1C. The van der Waals surface area contributed by atoms with Gasteiger partial charge in [-0.1, -0.05) is 6.07 Å². The largest absolute Gasteiger partial charge is 0.353 e. The van der Waals surface area contributed by atoms with Crippen molar-refractivity contribution in [1.82, 2.24) is 0 Å². The highest BCUT2D eigenvalue weighted by Crippen LogP contribution is 2.22. The number of hydrogen-bond donors (Lipinski definition) is 1. The first-order chi connectivity index (χ1) is 8.06. The average Bonchev–Trinajstić information content (AvgIpc) is 2.27. The van der Waals surface area contributed by atoms with E-state index in [1.807, 2.05) is 32.0 Å². The van der Waals surface area contributed by atoms with Gasteiger partial charge in [-0.05, 0) is 49.2 Å². The molecular formula is C14H13F2N. The molecule has 17 heavy (non-hydrogen) atoms. The molecule has 2 aromatic rings. The molecule has 3 heteroatoms.